The third-order valence-corrected chi connectivity index (χ3v) is 6.98. The number of thiazole rings is 1. The number of aromatic nitrogens is 1. The first kappa shape index (κ1) is 21.1. The lowest BCUT2D eigenvalue weighted by molar-refractivity contribution is 0.0985. The van der Waals surface area contributed by atoms with Crippen molar-refractivity contribution in [1.29, 1.82) is 0 Å². The molecule has 0 saturated carbocycles. The third-order valence-electron chi connectivity index (χ3n) is 4.45. The number of hydrogen-bond acceptors (Lipinski definition) is 4. The van der Waals surface area contributed by atoms with E-state index in [4.69, 9.17) is 4.98 Å². The summed E-state index contributed by atoms with van der Waals surface area (Å²) in [6.07, 6.45) is 0. The van der Waals surface area contributed by atoms with Gasteiger partial charge in [0.05, 0.1) is 16.8 Å². The molecule has 0 spiro atoms. The van der Waals surface area contributed by atoms with Gasteiger partial charge >= 0.3 is 0 Å². The van der Waals surface area contributed by atoms with Crippen molar-refractivity contribution in [1.82, 2.24) is 4.98 Å². The minimum Gasteiger partial charge on any atom is -0.279 e. The van der Waals surface area contributed by atoms with E-state index in [1.54, 1.807) is 16.7 Å². The second-order valence-electron chi connectivity index (χ2n) is 7.18. The summed E-state index contributed by atoms with van der Waals surface area (Å²) >= 11 is 6.82. The van der Waals surface area contributed by atoms with E-state index < -0.39 is 0 Å². The molecule has 4 aromatic rings. The van der Waals surface area contributed by atoms with Gasteiger partial charge in [0, 0.05) is 20.2 Å². The van der Waals surface area contributed by atoms with Crippen LogP contribution in [-0.4, -0.2) is 16.1 Å². The van der Waals surface area contributed by atoms with Crippen LogP contribution in [0.3, 0.4) is 0 Å². The average molecular weight is 497 g/mol. The second kappa shape index (κ2) is 9.33. The highest BCUT2D eigenvalue weighted by Gasteiger charge is 2.22. The Kier molecular flexibility index (Phi) is 6.56. The molecule has 3 nitrogen and oxygen atoms in total. The zero-order valence-corrected chi connectivity index (χ0v) is 19.9. The van der Waals surface area contributed by atoms with Gasteiger partial charge in [-0.15, -0.1) is 11.8 Å². The molecule has 0 unspecified atom stereocenters. The SMILES string of the molecule is CC(C)Sc1cccc(C(=O)N(Cc2ccccc2)c2nc3ccc(Br)cc3s2)c1. The number of halogens is 1. The molecule has 3 aromatic carbocycles. The maximum absolute atomic E-state index is 13.6. The summed E-state index contributed by atoms with van der Waals surface area (Å²) in [6, 6.07) is 23.9. The fraction of sp³-hybridized carbons (Fsp3) is 0.167. The number of thioether (sulfide) groups is 1. The number of anilines is 1. The van der Waals surface area contributed by atoms with Gasteiger partial charge in [-0.05, 0) is 42.0 Å². The molecule has 6 heteroatoms. The molecule has 30 heavy (non-hydrogen) atoms. The molecule has 0 fully saturated rings. The van der Waals surface area contributed by atoms with Gasteiger partial charge in [0.15, 0.2) is 5.13 Å². The maximum atomic E-state index is 13.6. The highest BCUT2D eigenvalue weighted by atomic mass is 79.9. The maximum Gasteiger partial charge on any atom is 0.260 e. The van der Waals surface area contributed by atoms with Gasteiger partial charge in [0.1, 0.15) is 0 Å². The molecule has 0 bridgehead atoms. The number of benzene rings is 3. The molecule has 152 valence electrons. The molecule has 0 radical (unpaired) electrons. The van der Waals surface area contributed by atoms with E-state index in [1.807, 2.05) is 66.7 Å². The lowest BCUT2D eigenvalue weighted by Crippen LogP contribution is -2.30. The van der Waals surface area contributed by atoms with Gasteiger partial charge in [0.25, 0.3) is 5.91 Å². The van der Waals surface area contributed by atoms with Gasteiger partial charge in [0.2, 0.25) is 0 Å². The monoisotopic (exact) mass is 496 g/mol. The smallest absolute Gasteiger partial charge is 0.260 e. The molecule has 0 N–H and O–H groups in total. The van der Waals surface area contributed by atoms with E-state index >= 15 is 0 Å². The molecule has 1 heterocycles. The molecule has 0 aliphatic heterocycles. The molecule has 0 atom stereocenters. The summed E-state index contributed by atoms with van der Waals surface area (Å²) in [6.45, 7) is 4.78. The first-order valence-corrected chi connectivity index (χ1v) is 12.2. The topological polar surface area (TPSA) is 33.2 Å². The predicted molar refractivity (Wildman–Crippen MR) is 132 cm³/mol. The van der Waals surface area contributed by atoms with Crippen molar-refractivity contribution >= 4 is 60.3 Å². The van der Waals surface area contributed by atoms with E-state index in [0.717, 1.165) is 25.1 Å². The Morgan fingerprint density at radius 3 is 2.63 bits per heavy atom. The van der Waals surface area contributed by atoms with E-state index in [-0.39, 0.29) is 5.91 Å². The average Bonchev–Trinajstić information content (AvgIpc) is 3.15. The second-order valence-corrected chi connectivity index (χ2v) is 10.8. The molecule has 0 aliphatic rings. The number of carbonyl (C=O) groups is 1. The van der Waals surface area contributed by atoms with Crippen LogP contribution < -0.4 is 4.90 Å². The molecule has 0 saturated heterocycles. The largest absolute Gasteiger partial charge is 0.279 e. The van der Waals surface area contributed by atoms with E-state index in [9.17, 15) is 4.79 Å². The summed E-state index contributed by atoms with van der Waals surface area (Å²) in [4.78, 5) is 21.3. The van der Waals surface area contributed by atoms with Crippen LogP contribution in [0.1, 0.15) is 29.8 Å². The standard InChI is InChI=1S/C24H21BrN2OS2/c1-16(2)29-20-10-6-9-18(13-20)23(28)27(15-17-7-4-3-5-8-17)24-26-21-12-11-19(25)14-22(21)30-24/h3-14,16H,15H2,1-2H3. The Hall–Kier alpha value is -2.15. The summed E-state index contributed by atoms with van der Waals surface area (Å²) in [5.41, 5.74) is 2.64. The first-order chi connectivity index (χ1) is 14.5. The summed E-state index contributed by atoms with van der Waals surface area (Å²) in [7, 11) is 0. The Bertz CT molecular complexity index is 1170. The van der Waals surface area contributed by atoms with Gasteiger partial charge in [-0.25, -0.2) is 4.98 Å². The lowest BCUT2D eigenvalue weighted by atomic mass is 10.1. The third kappa shape index (κ3) is 4.94. The predicted octanol–water partition coefficient (Wildman–Crippen LogP) is 7.41. The molecular formula is C24H21BrN2OS2. The van der Waals surface area contributed by atoms with E-state index in [1.165, 1.54) is 11.3 Å². The van der Waals surface area contributed by atoms with Crippen molar-refractivity contribution in [2.24, 2.45) is 0 Å². The lowest BCUT2D eigenvalue weighted by Gasteiger charge is -2.20. The van der Waals surface area contributed by atoms with Crippen molar-refractivity contribution in [3.63, 3.8) is 0 Å². The van der Waals surface area contributed by atoms with Crippen LogP contribution in [-0.2, 0) is 6.54 Å². The Labute approximate surface area is 193 Å². The van der Waals surface area contributed by atoms with Crippen LogP contribution in [0.15, 0.2) is 82.2 Å². The summed E-state index contributed by atoms with van der Waals surface area (Å²) in [5, 5.41) is 1.16. The van der Waals surface area contributed by atoms with Gasteiger partial charge in [-0.1, -0.05) is 77.5 Å². The number of amides is 1. The van der Waals surface area contributed by atoms with Crippen molar-refractivity contribution in [3.05, 3.63) is 88.4 Å². The van der Waals surface area contributed by atoms with Gasteiger partial charge in [-0.2, -0.15) is 0 Å². The number of nitrogens with zero attached hydrogens (tertiary/aromatic N) is 2. The summed E-state index contributed by atoms with van der Waals surface area (Å²) in [5.74, 6) is -0.0387. The molecule has 0 aliphatic carbocycles. The van der Waals surface area contributed by atoms with E-state index in [2.05, 4.69) is 35.8 Å². The summed E-state index contributed by atoms with van der Waals surface area (Å²) < 4.78 is 2.05. The van der Waals surface area contributed by atoms with Gasteiger partial charge < -0.3 is 0 Å². The number of carbonyl (C=O) groups excluding carboxylic acids is 1. The minimum absolute atomic E-state index is 0.0387. The van der Waals surface area contributed by atoms with Crippen molar-refractivity contribution < 1.29 is 4.79 Å². The van der Waals surface area contributed by atoms with Crippen LogP contribution in [0.2, 0.25) is 0 Å². The quantitative estimate of drug-likeness (QED) is 0.260. The Balaban J connectivity index is 1.73. The van der Waals surface area contributed by atoms with Crippen LogP contribution in [0.5, 0.6) is 0 Å². The van der Waals surface area contributed by atoms with Gasteiger partial charge in [-0.3, -0.25) is 9.69 Å². The van der Waals surface area contributed by atoms with Crippen molar-refractivity contribution in [2.45, 2.75) is 30.5 Å². The fourth-order valence-corrected chi connectivity index (χ4v) is 5.54. The minimum atomic E-state index is -0.0387. The van der Waals surface area contributed by atoms with Crippen LogP contribution in [0, 0.1) is 0 Å². The first-order valence-electron chi connectivity index (χ1n) is 9.68. The van der Waals surface area contributed by atoms with Crippen molar-refractivity contribution in [2.75, 3.05) is 4.90 Å². The Morgan fingerprint density at radius 2 is 1.87 bits per heavy atom. The van der Waals surface area contributed by atoms with Crippen LogP contribution >= 0.6 is 39.0 Å². The van der Waals surface area contributed by atoms with Crippen molar-refractivity contribution in [3.8, 4) is 0 Å². The highest BCUT2D eigenvalue weighted by Crippen LogP contribution is 2.33. The molecule has 1 aromatic heterocycles. The number of rotatable bonds is 6. The molecular weight excluding hydrogens is 476 g/mol. The molecule has 1 amide bonds. The zero-order valence-electron chi connectivity index (χ0n) is 16.7. The normalized spacial score (nSPS) is 11.2. The van der Waals surface area contributed by atoms with E-state index in [0.29, 0.717) is 22.5 Å². The number of hydrogen-bond donors (Lipinski definition) is 0. The van der Waals surface area contributed by atoms with Crippen LogP contribution in [0.25, 0.3) is 10.2 Å². The molecule has 4 rings (SSSR count). The fourth-order valence-electron chi connectivity index (χ4n) is 3.12. The zero-order chi connectivity index (χ0) is 21.1. The number of fused-ring (bicyclic) bond motifs is 1. The Morgan fingerprint density at radius 1 is 1.07 bits per heavy atom. The highest BCUT2D eigenvalue weighted by molar-refractivity contribution is 9.10. The van der Waals surface area contributed by atoms with Crippen LogP contribution in [0.4, 0.5) is 5.13 Å².